The largest absolute Gasteiger partial charge is 0.493 e. The van der Waals surface area contributed by atoms with Crippen LogP contribution in [-0.4, -0.2) is 12.4 Å². The van der Waals surface area contributed by atoms with Crippen molar-refractivity contribution in [3.05, 3.63) is 29.3 Å². The van der Waals surface area contributed by atoms with Crippen molar-refractivity contribution in [1.82, 2.24) is 0 Å². The summed E-state index contributed by atoms with van der Waals surface area (Å²) >= 11 is 0. The van der Waals surface area contributed by atoms with Gasteiger partial charge in [-0.1, -0.05) is 38.5 Å². The molecule has 2 nitrogen and oxygen atoms in total. The van der Waals surface area contributed by atoms with Crippen molar-refractivity contribution in [3.63, 3.8) is 0 Å². The first-order valence-corrected chi connectivity index (χ1v) is 7.29. The molecule has 0 aromatic heterocycles. The fraction of sp³-hybridized carbons (Fsp3) is 0.588. The fourth-order valence-electron chi connectivity index (χ4n) is 2.00. The Balaban J connectivity index is 2.60. The third-order valence-electron chi connectivity index (χ3n) is 3.19. The van der Waals surface area contributed by atoms with Gasteiger partial charge in [0.2, 0.25) is 0 Å². The molecule has 0 atom stereocenters. The van der Waals surface area contributed by atoms with Crippen LogP contribution in [0.1, 0.15) is 51.2 Å². The minimum atomic E-state index is 0.147. The number of Topliss-reactive ketones (excluding diaryl/α,β-unsaturated/α-hetero) is 1. The van der Waals surface area contributed by atoms with E-state index in [1.165, 1.54) is 11.1 Å². The number of rotatable bonds is 8. The first-order valence-electron chi connectivity index (χ1n) is 7.29. The highest BCUT2D eigenvalue weighted by Crippen LogP contribution is 2.22. The predicted molar refractivity (Wildman–Crippen MR) is 79.7 cm³/mol. The Morgan fingerprint density at radius 3 is 2.68 bits per heavy atom. The number of aryl methyl sites for hydroxylation is 2. The monoisotopic (exact) mass is 262 g/mol. The smallest absolute Gasteiger partial charge is 0.135 e. The highest BCUT2D eigenvalue weighted by atomic mass is 16.5. The summed E-state index contributed by atoms with van der Waals surface area (Å²) in [7, 11) is 0. The molecule has 0 amide bonds. The van der Waals surface area contributed by atoms with Crippen molar-refractivity contribution < 1.29 is 9.53 Å². The van der Waals surface area contributed by atoms with Crippen LogP contribution in [0.25, 0.3) is 0 Å². The molecule has 0 spiro atoms. The summed E-state index contributed by atoms with van der Waals surface area (Å²) in [6.45, 7) is 8.87. The maximum atomic E-state index is 11.6. The lowest BCUT2D eigenvalue weighted by molar-refractivity contribution is -0.121. The first-order chi connectivity index (χ1) is 9.04. The number of benzene rings is 1. The number of hydrogen-bond donors (Lipinski definition) is 0. The van der Waals surface area contributed by atoms with Gasteiger partial charge in [-0.05, 0) is 37.8 Å². The summed E-state index contributed by atoms with van der Waals surface area (Å²) in [5.41, 5.74) is 2.47. The second kappa shape index (κ2) is 7.98. The van der Waals surface area contributed by atoms with E-state index < -0.39 is 0 Å². The van der Waals surface area contributed by atoms with Gasteiger partial charge in [0.05, 0.1) is 6.61 Å². The Morgan fingerprint density at radius 2 is 2.05 bits per heavy atom. The minimum absolute atomic E-state index is 0.147. The highest BCUT2D eigenvalue weighted by Gasteiger charge is 2.09. The van der Waals surface area contributed by atoms with Crippen LogP contribution in [0.4, 0.5) is 0 Å². The third-order valence-corrected chi connectivity index (χ3v) is 3.19. The Morgan fingerprint density at radius 1 is 1.32 bits per heavy atom. The maximum Gasteiger partial charge on any atom is 0.135 e. The Hall–Kier alpha value is -1.31. The molecule has 0 saturated carbocycles. The lowest BCUT2D eigenvalue weighted by Crippen LogP contribution is -2.07. The van der Waals surface area contributed by atoms with Crippen LogP contribution >= 0.6 is 0 Å². The Kier molecular flexibility index (Phi) is 6.61. The SMILES string of the molecule is CCCOc1ccc(C)cc1CCCC(=O)C(C)C. The molecule has 0 heterocycles. The molecular weight excluding hydrogens is 236 g/mol. The zero-order chi connectivity index (χ0) is 14.3. The van der Waals surface area contributed by atoms with E-state index in [-0.39, 0.29) is 5.92 Å². The van der Waals surface area contributed by atoms with Crippen molar-refractivity contribution in [2.45, 2.75) is 53.4 Å². The standard InChI is InChI=1S/C17H26O2/c1-5-11-19-17-10-9-14(4)12-15(17)7-6-8-16(18)13(2)3/h9-10,12-13H,5-8,11H2,1-4H3. The predicted octanol–water partition coefficient (Wildman–Crippen LogP) is 4.33. The molecular formula is C17H26O2. The molecule has 2 heteroatoms. The van der Waals surface area contributed by atoms with Gasteiger partial charge in [-0.15, -0.1) is 0 Å². The molecule has 0 N–H and O–H groups in total. The van der Waals surface area contributed by atoms with Gasteiger partial charge in [-0.25, -0.2) is 0 Å². The van der Waals surface area contributed by atoms with Crippen LogP contribution in [0.3, 0.4) is 0 Å². The molecule has 19 heavy (non-hydrogen) atoms. The number of ether oxygens (including phenoxy) is 1. The van der Waals surface area contributed by atoms with Crippen molar-refractivity contribution in [3.8, 4) is 5.75 Å². The van der Waals surface area contributed by atoms with E-state index in [1.807, 2.05) is 19.9 Å². The first kappa shape index (κ1) is 15.7. The minimum Gasteiger partial charge on any atom is -0.493 e. The van der Waals surface area contributed by atoms with Gasteiger partial charge in [0, 0.05) is 12.3 Å². The van der Waals surface area contributed by atoms with Crippen LogP contribution in [0.5, 0.6) is 5.75 Å². The van der Waals surface area contributed by atoms with E-state index in [4.69, 9.17) is 4.74 Å². The van der Waals surface area contributed by atoms with E-state index in [1.54, 1.807) is 0 Å². The molecule has 0 aliphatic heterocycles. The number of ketones is 1. The molecule has 1 aromatic carbocycles. The van der Waals surface area contributed by atoms with E-state index >= 15 is 0 Å². The third kappa shape index (κ3) is 5.46. The summed E-state index contributed by atoms with van der Waals surface area (Å²) in [6.07, 6.45) is 3.50. The molecule has 0 fully saturated rings. The quantitative estimate of drug-likeness (QED) is 0.697. The summed E-state index contributed by atoms with van der Waals surface area (Å²) in [4.78, 5) is 11.6. The van der Waals surface area contributed by atoms with Gasteiger partial charge in [0.15, 0.2) is 0 Å². The summed E-state index contributed by atoms with van der Waals surface area (Å²) in [6, 6.07) is 6.29. The number of carbonyl (C=O) groups is 1. The van der Waals surface area contributed by atoms with E-state index in [0.717, 1.165) is 31.6 Å². The highest BCUT2D eigenvalue weighted by molar-refractivity contribution is 5.80. The second-order valence-corrected chi connectivity index (χ2v) is 5.43. The molecule has 0 aliphatic rings. The molecule has 0 bridgehead atoms. The van der Waals surface area contributed by atoms with E-state index in [0.29, 0.717) is 12.2 Å². The topological polar surface area (TPSA) is 26.3 Å². The summed E-state index contributed by atoms with van der Waals surface area (Å²) in [5, 5.41) is 0. The van der Waals surface area contributed by atoms with Crippen LogP contribution in [0, 0.1) is 12.8 Å². The van der Waals surface area contributed by atoms with Gasteiger partial charge >= 0.3 is 0 Å². The zero-order valence-corrected chi connectivity index (χ0v) is 12.7. The second-order valence-electron chi connectivity index (χ2n) is 5.43. The van der Waals surface area contributed by atoms with E-state index in [2.05, 4.69) is 26.0 Å². The van der Waals surface area contributed by atoms with Crippen LogP contribution in [0.15, 0.2) is 18.2 Å². The van der Waals surface area contributed by atoms with Gasteiger partial charge in [0.1, 0.15) is 11.5 Å². The van der Waals surface area contributed by atoms with Crippen molar-refractivity contribution in [2.24, 2.45) is 5.92 Å². The summed E-state index contributed by atoms with van der Waals surface area (Å²) < 4.78 is 5.76. The normalized spacial score (nSPS) is 10.8. The van der Waals surface area contributed by atoms with Crippen molar-refractivity contribution in [2.75, 3.05) is 6.61 Å². The maximum absolute atomic E-state index is 11.6. The van der Waals surface area contributed by atoms with Gasteiger partial charge in [-0.2, -0.15) is 0 Å². The Labute approximate surface area is 117 Å². The zero-order valence-electron chi connectivity index (χ0n) is 12.7. The average Bonchev–Trinajstić information content (AvgIpc) is 2.37. The van der Waals surface area contributed by atoms with E-state index in [9.17, 15) is 4.79 Å². The molecule has 106 valence electrons. The fourth-order valence-corrected chi connectivity index (χ4v) is 2.00. The van der Waals surface area contributed by atoms with Gasteiger partial charge < -0.3 is 4.74 Å². The van der Waals surface area contributed by atoms with Gasteiger partial charge in [0.25, 0.3) is 0 Å². The lowest BCUT2D eigenvalue weighted by atomic mass is 10.00. The van der Waals surface area contributed by atoms with Crippen molar-refractivity contribution >= 4 is 5.78 Å². The Bertz CT molecular complexity index is 408. The summed E-state index contributed by atoms with van der Waals surface area (Å²) in [5.74, 6) is 1.47. The molecule has 0 radical (unpaired) electrons. The van der Waals surface area contributed by atoms with Gasteiger partial charge in [-0.3, -0.25) is 4.79 Å². The number of carbonyl (C=O) groups excluding carboxylic acids is 1. The molecule has 1 aromatic rings. The molecule has 0 saturated heterocycles. The lowest BCUT2D eigenvalue weighted by Gasteiger charge is -2.12. The number of hydrogen-bond acceptors (Lipinski definition) is 2. The van der Waals surface area contributed by atoms with Crippen LogP contribution < -0.4 is 4.74 Å². The van der Waals surface area contributed by atoms with Crippen molar-refractivity contribution in [1.29, 1.82) is 0 Å². The van der Waals surface area contributed by atoms with Crippen LogP contribution in [0.2, 0.25) is 0 Å². The average molecular weight is 262 g/mol. The molecule has 0 aliphatic carbocycles. The molecule has 0 unspecified atom stereocenters. The molecule has 1 rings (SSSR count). The van der Waals surface area contributed by atoms with Crippen LogP contribution in [-0.2, 0) is 11.2 Å².